The fourth-order valence-electron chi connectivity index (χ4n) is 2.77. The lowest BCUT2D eigenvalue weighted by Crippen LogP contribution is -2.16. The molecule has 0 aliphatic rings. The van der Waals surface area contributed by atoms with Crippen molar-refractivity contribution in [3.8, 4) is 5.75 Å². The van der Waals surface area contributed by atoms with Crippen molar-refractivity contribution in [1.29, 1.82) is 0 Å². The summed E-state index contributed by atoms with van der Waals surface area (Å²) < 4.78 is 49.5. The molecule has 8 nitrogen and oxygen atoms in total. The van der Waals surface area contributed by atoms with Crippen LogP contribution in [0.4, 0.5) is 18.9 Å². The molecule has 0 fully saturated rings. The van der Waals surface area contributed by atoms with E-state index in [1.807, 2.05) is 0 Å². The minimum Gasteiger partial charge on any atom is -0.485 e. The molecule has 0 aliphatic carbocycles. The molecule has 2 aromatic rings. The van der Waals surface area contributed by atoms with Crippen LogP contribution in [0.3, 0.4) is 0 Å². The number of alkyl halides is 3. The molecule has 0 aliphatic heterocycles. The number of aromatic amines is 1. The van der Waals surface area contributed by atoms with E-state index in [0.29, 0.717) is 11.8 Å². The number of rotatable bonds is 7. The number of non-ortho nitro benzene ring substituents is 1. The number of Topliss-reactive ketones (excluding diaryl/α,β-unsaturated/α-hetero) is 1. The average Bonchev–Trinajstić information content (AvgIpc) is 2.93. The van der Waals surface area contributed by atoms with Crippen molar-refractivity contribution in [3.63, 3.8) is 0 Å². The summed E-state index contributed by atoms with van der Waals surface area (Å²) in [4.78, 5) is 36.9. The Morgan fingerprint density at radius 2 is 1.90 bits per heavy atom. The van der Waals surface area contributed by atoms with E-state index in [-0.39, 0.29) is 23.4 Å². The molecule has 156 valence electrons. The van der Waals surface area contributed by atoms with Crippen molar-refractivity contribution in [2.24, 2.45) is 0 Å². The number of esters is 1. The van der Waals surface area contributed by atoms with Crippen LogP contribution in [-0.2, 0) is 10.9 Å². The zero-order valence-corrected chi connectivity index (χ0v) is 15.7. The zero-order valence-electron chi connectivity index (χ0n) is 15.7. The minimum atomic E-state index is -4.92. The van der Waals surface area contributed by atoms with Gasteiger partial charge in [-0.25, -0.2) is 4.79 Å². The van der Waals surface area contributed by atoms with Crippen LogP contribution in [0.2, 0.25) is 0 Å². The lowest BCUT2D eigenvalue weighted by Gasteiger charge is -2.13. The van der Waals surface area contributed by atoms with E-state index in [4.69, 9.17) is 9.47 Å². The molecular weight excluding hydrogens is 397 g/mol. The molecule has 0 atom stereocenters. The third-order valence-electron chi connectivity index (χ3n) is 4.03. The number of benzene rings is 1. The molecule has 1 aromatic heterocycles. The van der Waals surface area contributed by atoms with E-state index in [1.54, 1.807) is 6.92 Å². The Morgan fingerprint density at radius 3 is 2.45 bits per heavy atom. The molecule has 0 spiro atoms. The van der Waals surface area contributed by atoms with Crippen molar-refractivity contribution in [2.75, 3.05) is 13.2 Å². The highest BCUT2D eigenvalue weighted by Gasteiger charge is 2.36. The van der Waals surface area contributed by atoms with Crippen molar-refractivity contribution >= 4 is 17.4 Å². The average molecular weight is 414 g/mol. The molecule has 0 unspecified atom stereocenters. The number of carbonyl (C=O) groups is 2. The fourth-order valence-corrected chi connectivity index (χ4v) is 2.77. The molecule has 11 heteroatoms. The van der Waals surface area contributed by atoms with Gasteiger partial charge in [0.05, 0.1) is 11.5 Å². The van der Waals surface area contributed by atoms with Gasteiger partial charge in [0.15, 0.2) is 6.61 Å². The fraction of sp³-hybridized carbons (Fsp3) is 0.333. The topological polar surface area (TPSA) is 112 Å². The van der Waals surface area contributed by atoms with E-state index in [1.165, 1.54) is 13.8 Å². The first kappa shape index (κ1) is 21.9. The van der Waals surface area contributed by atoms with Gasteiger partial charge in [0, 0.05) is 23.4 Å². The van der Waals surface area contributed by atoms with Crippen LogP contribution in [0.1, 0.15) is 44.6 Å². The Kier molecular flexibility index (Phi) is 6.30. The number of aromatic nitrogens is 1. The van der Waals surface area contributed by atoms with Crippen LogP contribution >= 0.6 is 0 Å². The molecular formula is C18H17F3N2O6. The highest BCUT2D eigenvalue weighted by atomic mass is 19.4. The van der Waals surface area contributed by atoms with E-state index in [9.17, 15) is 32.9 Å². The zero-order chi connectivity index (χ0) is 21.9. The summed E-state index contributed by atoms with van der Waals surface area (Å²) in [5.74, 6) is -2.05. The lowest BCUT2D eigenvalue weighted by atomic mass is 10.1. The predicted molar refractivity (Wildman–Crippen MR) is 94.1 cm³/mol. The second-order valence-electron chi connectivity index (χ2n) is 5.99. The number of carbonyl (C=O) groups excluding carboxylic acids is 2. The Morgan fingerprint density at radius 1 is 1.24 bits per heavy atom. The van der Waals surface area contributed by atoms with Gasteiger partial charge in [0.1, 0.15) is 17.0 Å². The molecule has 1 heterocycles. The maximum absolute atomic E-state index is 13.2. The van der Waals surface area contributed by atoms with Gasteiger partial charge in [-0.3, -0.25) is 14.9 Å². The predicted octanol–water partition coefficient (Wildman–Crippen LogP) is 4.00. The Bertz CT molecular complexity index is 965. The number of nitro benzene ring substituents is 1. The van der Waals surface area contributed by atoms with Gasteiger partial charge in [-0.1, -0.05) is 0 Å². The first-order chi connectivity index (χ1) is 13.5. The summed E-state index contributed by atoms with van der Waals surface area (Å²) in [6.07, 6.45) is -4.92. The van der Waals surface area contributed by atoms with Crippen molar-refractivity contribution < 1.29 is 37.2 Å². The van der Waals surface area contributed by atoms with Gasteiger partial charge in [-0.05, 0) is 32.4 Å². The van der Waals surface area contributed by atoms with Gasteiger partial charge in [-0.2, -0.15) is 13.2 Å². The molecule has 0 saturated heterocycles. The summed E-state index contributed by atoms with van der Waals surface area (Å²) in [6.45, 7) is 4.00. The van der Waals surface area contributed by atoms with Crippen LogP contribution in [0.15, 0.2) is 18.2 Å². The van der Waals surface area contributed by atoms with E-state index >= 15 is 0 Å². The monoisotopic (exact) mass is 414 g/mol. The smallest absolute Gasteiger partial charge is 0.420 e. The van der Waals surface area contributed by atoms with E-state index < -0.39 is 46.5 Å². The van der Waals surface area contributed by atoms with Gasteiger partial charge in [0.2, 0.25) is 5.78 Å². The second kappa shape index (κ2) is 8.33. The number of halogens is 3. The summed E-state index contributed by atoms with van der Waals surface area (Å²) in [5, 5.41) is 10.7. The molecule has 29 heavy (non-hydrogen) atoms. The Labute approximate surface area is 162 Å². The minimum absolute atomic E-state index is 0.0685. The third kappa shape index (κ3) is 4.73. The van der Waals surface area contributed by atoms with Crippen molar-refractivity contribution in [3.05, 3.63) is 56.4 Å². The molecule has 0 saturated carbocycles. The van der Waals surface area contributed by atoms with Crippen LogP contribution in [0.5, 0.6) is 5.75 Å². The summed E-state index contributed by atoms with van der Waals surface area (Å²) in [7, 11) is 0. The number of hydrogen-bond donors (Lipinski definition) is 1. The highest BCUT2D eigenvalue weighted by Crippen LogP contribution is 2.38. The Balaban J connectivity index is 2.28. The first-order valence-electron chi connectivity index (χ1n) is 8.35. The summed E-state index contributed by atoms with van der Waals surface area (Å²) in [5.41, 5.74) is -1.34. The molecule has 2 rings (SSSR count). The van der Waals surface area contributed by atoms with Crippen molar-refractivity contribution in [2.45, 2.75) is 26.9 Å². The normalized spacial score (nSPS) is 11.2. The largest absolute Gasteiger partial charge is 0.485 e. The lowest BCUT2D eigenvalue weighted by molar-refractivity contribution is -0.385. The van der Waals surface area contributed by atoms with E-state index in [0.717, 1.165) is 12.1 Å². The number of hydrogen-bond acceptors (Lipinski definition) is 6. The van der Waals surface area contributed by atoms with Crippen molar-refractivity contribution in [1.82, 2.24) is 4.98 Å². The molecule has 0 amide bonds. The highest BCUT2D eigenvalue weighted by molar-refractivity contribution is 6.03. The SMILES string of the molecule is CCOC(=O)c1[nH]c(C)c(C(=O)COc2ccc([N+](=O)[O-])cc2C(F)(F)F)c1C. The van der Waals surface area contributed by atoms with Gasteiger partial charge in [-0.15, -0.1) is 0 Å². The molecule has 0 bridgehead atoms. The van der Waals surface area contributed by atoms with Crippen LogP contribution in [0.25, 0.3) is 0 Å². The van der Waals surface area contributed by atoms with Crippen LogP contribution < -0.4 is 4.74 Å². The Hall–Kier alpha value is -3.37. The maximum Gasteiger partial charge on any atom is 0.420 e. The number of ketones is 1. The first-order valence-corrected chi connectivity index (χ1v) is 8.35. The molecule has 1 aromatic carbocycles. The number of aryl methyl sites for hydroxylation is 1. The third-order valence-corrected chi connectivity index (χ3v) is 4.03. The second-order valence-corrected chi connectivity index (χ2v) is 5.99. The quantitative estimate of drug-likeness (QED) is 0.317. The van der Waals surface area contributed by atoms with Gasteiger partial charge >= 0.3 is 12.1 Å². The van der Waals surface area contributed by atoms with Crippen LogP contribution in [0, 0.1) is 24.0 Å². The summed E-state index contributed by atoms with van der Waals surface area (Å²) in [6, 6.07) is 1.97. The number of ether oxygens (including phenoxy) is 2. The number of nitrogens with zero attached hydrogens (tertiary/aromatic N) is 1. The molecule has 0 radical (unpaired) electrons. The molecule has 1 N–H and O–H groups in total. The summed E-state index contributed by atoms with van der Waals surface area (Å²) >= 11 is 0. The standard InChI is InChI=1S/C18H17F3N2O6/c1-4-28-17(25)16-9(2)15(10(3)22-16)13(24)8-29-14-6-5-11(23(26)27)7-12(14)18(19,20)21/h5-7,22H,4,8H2,1-3H3. The number of nitro groups is 1. The van der Waals surface area contributed by atoms with Gasteiger partial charge in [0.25, 0.3) is 5.69 Å². The van der Waals surface area contributed by atoms with Gasteiger partial charge < -0.3 is 14.5 Å². The van der Waals surface area contributed by atoms with Crippen LogP contribution in [-0.4, -0.2) is 34.9 Å². The number of nitrogens with one attached hydrogen (secondary N) is 1. The maximum atomic E-state index is 13.2. The van der Waals surface area contributed by atoms with E-state index in [2.05, 4.69) is 4.98 Å². The number of H-pyrrole nitrogens is 1.